The van der Waals surface area contributed by atoms with Crippen molar-refractivity contribution in [3.63, 3.8) is 0 Å². The SMILES string of the molecule is CCOP(=S)(NC=NC(C)C)SC. The zero-order valence-corrected chi connectivity index (χ0v) is 11.0. The summed E-state index contributed by atoms with van der Waals surface area (Å²) in [5.41, 5.74) is -1.91. The number of rotatable bonds is 6. The minimum atomic E-state index is -1.91. The van der Waals surface area contributed by atoms with Gasteiger partial charge in [-0.05, 0) is 38.8 Å². The maximum absolute atomic E-state index is 5.45. The number of hydrogen-bond acceptors (Lipinski definition) is 4. The molecule has 0 aromatic carbocycles. The molecule has 6 heteroatoms. The molecule has 0 aromatic rings. The largest absolute Gasteiger partial charge is 0.327 e. The van der Waals surface area contributed by atoms with Gasteiger partial charge in [0.15, 0.2) is 0 Å². The maximum atomic E-state index is 5.45. The third-order valence-electron chi connectivity index (χ3n) is 1.13. The molecule has 0 spiro atoms. The molecule has 0 aromatic heterocycles. The Morgan fingerprint density at radius 2 is 2.31 bits per heavy atom. The predicted molar refractivity (Wildman–Crippen MR) is 66.2 cm³/mol. The summed E-state index contributed by atoms with van der Waals surface area (Å²) in [7, 11) is 0. The van der Waals surface area contributed by atoms with Crippen LogP contribution in [0.5, 0.6) is 0 Å². The molecule has 0 radical (unpaired) electrons. The van der Waals surface area contributed by atoms with Crippen molar-refractivity contribution in [3.05, 3.63) is 0 Å². The van der Waals surface area contributed by atoms with E-state index in [1.54, 1.807) is 17.7 Å². The molecule has 1 unspecified atom stereocenters. The molecule has 0 saturated carbocycles. The quantitative estimate of drug-likeness (QED) is 0.439. The topological polar surface area (TPSA) is 33.6 Å². The van der Waals surface area contributed by atoms with Crippen molar-refractivity contribution in [1.29, 1.82) is 0 Å². The van der Waals surface area contributed by atoms with Crippen LogP contribution >= 0.6 is 17.0 Å². The van der Waals surface area contributed by atoms with Crippen molar-refractivity contribution in [2.75, 3.05) is 12.9 Å². The first-order valence-corrected chi connectivity index (χ1v) is 8.69. The Morgan fingerprint density at radius 3 is 2.69 bits per heavy atom. The summed E-state index contributed by atoms with van der Waals surface area (Å²) in [5.74, 6) is 0. The highest BCUT2D eigenvalue weighted by Crippen LogP contribution is 2.53. The van der Waals surface area contributed by atoms with E-state index in [0.717, 1.165) is 0 Å². The summed E-state index contributed by atoms with van der Waals surface area (Å²) in [6, 6.07) is 0.291. The van der Waals surface area contributed by atoms with Crippen LogP contribution in [0.4, 0.5) is 0 Å². The Morgan fingerprint density at radius 1 is 1.69 bits per heavy atom. The molecule has 0 aliphatic carbocycles. The van der Waals surface area contributed by atoms with Crippen molar-refractivity contribution in [2.24, 2.45) is 4.99 Å². The Labute approximate surface area is 89.6 Å². The van der Waals surface area contributed by atoms with E-state index in [4.69, 9.17) is 16.3 Å². The van der Waals surface area contributed by atoms with E-state index in [9.17, 15) is 0 Å². The van der Waals surface area contributed by atoms with Gasteiger partial charge in [0.1, 0.15) is 0 Å². The molecule has 3 nitrogen and oxygen atoms in total. The minimum absolute atomic E-state index is 0.291. The van der Waals surface area contributed by atoms with Crippen LogP contribution in [0.2, 0.25) is 0 Å². The summed E-state index contributed by atoms with van der Waals surface area (Å²) in [4.78, 5) is 4.17. The van der Waals surface area contributed by atoms with E-state index in [1.165, 1.54) is 0 Å². The van der Waals surface area contributed by atoms with Gasteiger partial charge in [-0.25, -0.2) is 0 Å². The molecule has 13 heavy (non-hydrogen) atoms. The average molecular weight is 240 g/mol. The lowest BCUT2D eigenvalue weighted by atomic mass is 10.4. The lowest BCUT2D eigenvalue weighted by molar-refractivity contribution is 0.383. The summed E-state index contributed by atoms with van der Waals surface area (Å²) in [6.45, 7) is 6.61. The van der Waals surface area contributed by atoms with Crippen molar-refractivity contribution >= 4 is 35.1 Å². The number of hydrogen-bond donors (Lipinski definition) is 1. The minimum Gasteiger partial charge on any atom is -0.327 e. The van der Waals surface area contributed by atoms with E-state index in [1.807, 2.05) is 27.0 Å². The third kappa shape index (κ3) is 6.49. The van der Waals surface area contributed by atoms with E-state index < -0.39 is 5.62 Å². The van der Waals surface area contributed by atoms with Crippen LogP contribution in [0.3, 0.4) is 0 Å². The monoisotopic (exact) mass is 240 g/mol. The van der Waals surface area contributed by atoms with Crippen LogP contribution in [0.25, 0.3) is 0 Å². The fraction of sp³-hybridized carbons (Fsp3) is 0.857. The molecule has 0 aliphatic heterocycles. The summed E-state index contributed by atoms with van der Waals surface area (Å²) in [6.07, 6.45) is 3.62. The molecule has 0 heterocycles. The normalized spacial score (nSPS) is 16.4. The Balaban J connectivity index is 4.05. The second kappa shape index (κ2) is 6.82. The molecular weight excluding hydrogens is 223 g/mol. The maximum Gasteiger partial charge on any atom is 0.210 e. The fourth-order valence-corrected chi connectivity index (χ4v) is 2.95. The summed E-state index contributed by atoms with van der Waals surface area (Å²) < 4.78 is 5.45. The van der Waals surface area contributed by atoms with E-state index >= 15 is 0 Å². The smallest absolute Gasteiger partial charge is 0.210 e. The van der Waals surface area contributed by atoms with Crippen LogP contribution in [0.15, 0.2) is 4.99 Å². The predicted octanol–water partition coefficient (Wildman–Crippen LogP) is 2.64. The number of aliphatic imine (C=N–C) groups is 1. The van der Waals surface area contributed by atoms with Crippen LogP contribution in [0.1, 0.15) is 20.8 Å². The zero-order chi connectivity index (χ0) is 10.3. The van der Waals surface area contributed by atoms with Crippen LogP contribution < -0.4 is 5.09 Å². The average Bonchev–Trinajstić information content (AvgIpc) is 2.04. The van der Waals surface area contributed by atoms with Crippen LogP contribution in [0, 0.1) is 0 Å². The van der Waals surface area contributed by atoms with Gasteiger partial charge in [-0.15, -0.1) is 0 Å². The van der Waals surface area contributed by atoms with Gasteiger partial charge >= 0.3 is 0 Å². The van der Waals surface area contributed by atoms with Crippen LogP contribution in [-0.2, 0) is 16.3 Å². The van der Waals surface area contributed by atoms with Gasteiger partial charge in [0, 0.05) is 6.04 Å². The van der Waals surface area contributed by atoms with Crippen molar-refractivity contribution < 1.29 is 4.52 Å². The molecule has 0 bridgehead atoms. The second-order valence-corrected chi connectivity index (χ2v) is 9.35. The lowest BCUT2D eigenvalue weighted by Gasteiger charge is -2.18. The van der Waals surface area contributed by atoms with E-state index in [0.29, 0.717) is 12.6 Å². The summed E-state index contributed by atoms with van der Waals surface area (Å²) in [5, 5.41) is 3.05. The molecule has 0 rings (SSSR count). The Hall–Kier alpha value is 0.430. The number of nitrogens with zero attached hydrogens (tertiary/aromatic N) is 1. The van der Waals surface area contributed by atoms with E-state index in [-0.39, 0.29) is 0 Å². The van der Waals surface area contributed by atoms with Gasteiger partial charge < -0.3 is 9.61 Å². The first-order valence-electron chi connectivity index (χ1n) is 4.14. The van der Waals surface area contributed by atoms with Gasteiger partial charge in [-0.1, -0.05) is 11.4 Å². The Bertz CT molecular complexity index is 209. The van der Waals surface area contributed by atoms with Gasteiger partial charge in [0.2, 0.25) is 5.62 Å². The highest BCUT2D eigenvalue weighted by atomic mass is 32.9. The van der Waals surface area contributed by atoms with Gasteiger partial charge in [-0.2, -0.15) is 0 Å². The molecule has 0 amide bonds. The van der Waals surface area contributed by atoms with Gasteiger partial charge in [-0.3, -0.25) is 4.99 Å². The van der Waals surface area contributed by atoms with E-state index in [2.05, 4.69) is 10.1 Å². The molecule has 0 aliphatic rings. The summed E-state index contributed by atoms with van der Waals surface area (Å²) >= 11 is 6.85. The standard InChI is InChI=1S/C7H17N2OPS2/c1-5-10-11(12,13-4)9-6-8-7(2)3/h6-7H,5H2,1-4H3,(H,8,9,12). The van der Waals surface area contributed by atoms with Crippen molar-refractivity contribution in [1.82, 2.24) is 5.09 Å². The molecule has 1 N–H and O–H groups in total. The zero-order valence-electron chi connectivity index (χ0n) is 8.48. The molecule has 0 fully saturated rings. The second-order valence-electron chi connectivity index (χ2n) is 2.60. The van der Waals surface area contributed by atoms with Crippen molar-refractivity contribution in [2.45, 2.75) is 26.8 Å². The lowest BCUT2D eigenvalue weighted by Crippen LogP contribution is -2.09. The fourth-order valence-electron chi connectivity index (χ4n) is 0.566. The molecule has 1 atom stereocenters. The first kappa shape index (κ1) is 13.4. The first-order chi connectivity index (χ1) is 6.04. The third-order valence-corrected chi connectivity index (χ3v) is 6.69. The van der Waals surface area contributed by atoms with Crippen molar-refractivity contribution in [3.8, 4) is 0 Å². The van der Waals surface area contributed by atoms with Gasteiger partial charge in [0.25, 0.3) is 0 Å². The number of nitrogens with one attached hydrogen (secondary N) is 1. The Kier molecular flexibility index (Phi) is 7.05. The molecule has 0 saturated heterocycles. The van der Waals surface area contributed by atoms with Crippen LogP contribution in [-0.4, -0.2) is 25.2 Å². The highest BCUT2D eigenvalue weighted by molar-refractivity contribution is 8.68. The highest BCUT2D eigenvalue weighted by Gasteiger charge is 2.12. The molecule has 78 valence electrons. The van der Waals surface area contributed by atoms with Gasteiger partial charge in [0.05, 0.1) is 12.9 Å². The molecular formula is C7H17N2OPS2.